The van der Waals surface area contributed by atoms with Gasteiger partial charge in [-0.3, -0.25) is 0 Å². The van der Waals surface area contributed by atoms with E-state index in [1.165, 1.54) is 0 Å². The Labute approximate surface area is 113 Å². The van der Waals surface area contributed by atoms with Gasteiger partial charge in [-0.15, -0.1) is 4.72 Å². The Balaban J connectivity index is 2.05. The van der Waals surface area contributed by atoms with Crippen molar-refractivity contribution in [3.05, 3.63) is 0 Å². The summed E-state index contributed by atoms with van der Waals surface area (Å²) in [7, 11) is 0. The third-order valence-corrected chi connectivity index (χ3v) is 5.92. The van der Waals surface area contributed by atoms with E-state index in [4.69, 9.17) is 0 Å². The van der Waals surface area contributed by atoms with Gasteiger partial charge in [-0.25, -0.2) is 0 Å². The zero-order valence-electron chi connectivity index (χ0n) is 11.7. The Hall–Kier alpha value is 0.190. The van der Waals surface area contributed by atoms with Crippen LogP contribution < -0.4 is 10.0 Å². The van der Waals surface area contributed by atoms with Crippen LogP contribution in [0.4, 0.5) is 0 Å². The molecule has 4 atom stereocenters. The van der Waals surface area contributed by atoms with Crippen LogP contribution in [0, 0.1) is 5.41 Å². The predicted octanol–water partition coefficient (Wildman–Crippen LogP) is 0.931. The van der Waals surface area contributed by atoms with Gasteiger partial charge in [-0.2, -0.15) is 0 Å². The van der Waals surface area contributed by atoms with Crippen molar-refractivity contribution in [2.75, 3.05) is 13.1 Å². The summed E-state index contributed by atoms with van der Waals surface area (Å²) >= 11 is -1.04. The molecule has 0 bridgehead atoms. The van der Waals surface area contributed by atoms with Crippen LogP contribution in [0.2, 0.25) is 0 Å². The average molecular weight is 274 g/mol. The van der Waals surface area contributed by atoms with Crippen molar-refractivity contribution < 1.29 is 9.66 Å². The molecule has 106 valence electrons. The van der Waals surface area contributed by atoms with Gasteiger partial charge >= 0.3 is 0 Å². The number of aliphatic hydroxyl groups is 1. The topological polar surface area (TPSA) is 67.3 Å². The smallest absolute Gasteiger partial charge is 0.136 e. The first-order valence-corrected chi connectivity index (χ1v) is 8.05. The second-order valence-electron chi connectivity index (χ2n) is 6.76. The maximum Gasteiger partial charge on any atom is 0.136 e. The van der Waals surface area contributed by atoms with Gasteiger partial charge in [0.1, 0.15) is 4.75 Å². The van der Waals surface area contributed by atoms with Crippen molar-refractivity contribution in [1.82, 2.24) is 10.0 Å². The van der Waals surface area contributed by atoms with Crippen LogP contribution in [0.1, 0.15) is 46.5 Å². The molecule has 1 aliphatic carbocycles. The molecule has 1 spiro atoms. The van der Waals surface area contributed by atoms with E-state index >= 15 is 0 Å². The van der Waals surface area contributed by atoms with E-state index in [0.717, 1.165) is 38.8 Å². The molecule has 3 N–H and O–H groups in total. The van der Waals surface area contributed by atoms with Gasteiger partial charge in [-0.05, 0) is 58.4 Å². The van der Waals surface area contributed by atoms with Crippen LogP contribution in [-0.2, 0) is 11.4 Å². The molecule has 2 rings (SSSR count). The van der Waals surface area contributed by atoms with Crippen LogP contribution >= 0.6 is 0 Å². The summed E-state index contributed by atoms with van der Waals surface area (Å²) in [6.07, 6.45) is 3.70. The molecule has 3 unspecified atom stereocenters. The van der Waals surface area contributed by atoms with Gasteiger partial charge in [0.15, 0.2) is 0 Å². The minimum Gasteiger partial charge on any atom is -0.598 e. The van der Waals surface area contributed by atoms with Gasteiger partial charge in [-0.1, -0.05) is 0 Å². The fraction of sp³-hybridized carbons (Fsp3) is 1.00. The first kappa shape index (κ1) is 14.6. The summed E-state index contributed by atoms with van der Waals surface area (Å²) in [6.45, 7) is 7.83. The minimum absolute atomic E-state index is 0.144. The fourth-order valence-electron chi connectivity index (χ4n) is 3.12. The largest absolute Gasteiger partial charge is 0.598 e. The second kappa shape index (κ2) is 5.29. The third kappa shape index (κ3) is 3.02. The SMILES string of the molecule is CC(C)(C)[S+]([O-])NC1CNCCC12CC[C@@H](O)C2. The monoisotopic (exact) mass is 274 g/mol. The Kier molecular flexibility index (Phi) is 4.29. The van der Waals surface area contributed by atoms with Gasteiger partial charge < -0.3 is 15.0 Å². The van der Waals surface area contributed by atoms with E-state index in [1.807, 2.05) is 20.8 Å². The van der Waals surface area contributed by atoms with Crippen molar-refractivity contribution in [2.45, 2.75) is 63.3 Å². The molecule has 2 aliphatic rings. The van der Waals surface area contributed by atoms with Crippen molar-refractivity contribution >= 4 is 11.4 Å². The molecular formula is C13H26N2O2S. The molecule has 1 saturated carbocycles. The average Bonchev–Trinajstić information content (AvgIpc) is 2.63. The molecule has 18 heavy (non-hydrogen) atoms. The zero-order valence-corrected chi connectivity index (χ0v) is 12.5. The van der Waals surface area contributed by atoms with Gasteiger partial charge in [0.2, 0.25) is 0 Å². The molecule has 2 fully saturated rings. The minimum atomic E-state index is -1.04. The Bertz CT molecular complexity index is 291. The maximum absolute atomic E-state index is 12.3. The van der Waals surface area contributed by atoms with Crippen LogP contribution in [0.5, 0.6) is 0 Å². The lowest BCUT2D eigenvalue weighted by molar-refractivity contribution is 0.117. The van der Waals surface area contributed by atoms with Crippen molar-refractivity contribution in [3.63, 3.8) is 0 Å². The summed E-state index contributed by atoms with van der Waals surface area (Å²) in [5.74, 6) is 0. The van der Waals surface area contributed by atoms with Crippen molar-refractivity contribution in [2.24, 2.45) is 5.41 Å². The van der Waals surface area contributed by atoms with E-state index in [0.29, 0.717) is 0 Å². The third-order valence-electron chi connectivity index (χ3n) is 4.31. The molecule has 0 aromatic carbocycles. The number of piperidine rings is 1. The van der Waals surface area contributed by atoms with E-state index in [1.54, 1.807) is 0 Å². The molecule has 4 nitrogen and oxygen atoms in total. The normalized spacial score (nSPS) is 39.2. The van der Waals surface area contributed by atoms with Crippen molar-refractivity contribution in [3.8, 4) is 0 Å². The predicted molar refractivity (Wildman–Crippen MR) is 74.6 cm³/mol. The molecule has 0 aromatic rings. The number of hydrogen-bond acceptors (Lipinski definition) is 4. The van der Waals surface area contributed by atoms with E-state index in [2.05, 4.69) is 10.0 Å². The highest BCUT2D eigenvalue weighted by atomic mass is 32.2. The molecule has 0 radical (unpaired) electrons. The quantitative estimate of drug-likeness (QED) is 0.655. The highest BCUT2D eigenvalue weighted by Crippen LogP contribution is 2.45. The van der Waals surface area contributed by atoms with E-state index in [9.17, 15) is 9.66 Å². The molecule has 1 saturated heterocycles. The first-order valence-electron chi connectivity index (χ1n) is 6.90. The van der Waals surface area contributed by atoms with Crippen LogP contribution in [-0.4, -0.2) is 39.6 Å². The summed E-state index contributed by atoms with van der Waals surface area (Å²) < 4.78 is 15.3. The summed E-state index contributed by atoms with van der Waals surface area (Å²) in [4.78, 5) is 0. The van der Waals surface area contributed by atoms with Crippen LogP contribution in [0.25, 0.3) is 0 Å². The van der Waals surface area contributed by atoms with Crippen LogP contribution in [0.3, 0.4) is 0 Å². The zero-order chi connectivity index (χ0) is 13.4. The lowest BCUT2D eigenvalue weighted by Crippen LogP contribution is -2.58. The number of hydrogen-bond donors (Lipinski definition) is 3. The fourth-order valence-corrected chi connectivity index (χ4v) is 4.06. The Morgan fingerprint density at radius 2 is 2.11 bits per heavy atom. The highest BCUT2D eigenvalue weighted by Gasteiger charge is 2.48. The summed E-state index contributed by atoms with van der Waals surface area (Å²) in [6, 6.07) is 0.212. The molecule has 5 heteroatoms. The van der Waals surface area contributed by atoms with Gasteiger partial charge in [0.25, 0.3) is 0 Å². The molecule has 1 aliphatic heterocycles. The van der Waals surface area contributed by atoms with E-state index < -0.39 is 11.4 Å². The molecular weight excluding hydrogens is 248 g/mol. The number of aliphatic hydroxyl groups excluding tert-OH is 1. The second-order valence-corrected chi connectivity index (χ2v) is 8.76. The van der Waals surface area contributed by atoms with Crippen molar-refractivity contribution in [1.29, 1.82) is 0 Å². The molecule has 0 amide bonds. The lowest BCUT2D eigenvalue weighted by Gasteiger charge is -2.42. The molecule has 0 aromatic heterocycles. The first-order chi connectivity index (χ1) is 8.33. The summed E-state index contributed by atoms with van der Waals surface area (Å²) in [5.41, 5.74) is 0.144. The summed E-state index contributed by atoms with van der Waals surface area (Å²) in [5, 5.41) is 13.2. The Morgan fingerprint density at radius 1 is 1.39 bits per heavy atom. The lowest BCUT2D eigenvalue weighted by atomic mass is 9.74. The number of rotatable bonds is 2. The maximum atomic E-state index is 12.3. The van der Waals surface area contributed by atoms with Gasteiger partial charge in [0, 0.05) is 17.9 Å². The standard InChI is InChI=1S/C13H26N2O2S/c1-12(2,3)18(17)15-11-9-14-7-6-13(11)5-4-10(16)8-13/h10-11,14-16H,4-9H2,1-3H3/t10-,11?,13?,18?/m1/s1. The molecule has 1 heterocycles. The van der Waals surface area contributed by atoms with E-state index in [-0.39, 0.29) is 22.3 Å². The van der Waals surface area contributed by atoms with Crippen LogP contribution in [0.15, 0.2) is 0 Å². The highest BCUT2D eigenvalue weighted by molar-refractivity contribution is 7.90. The van der Waals surface area contributed by atoms with Gasteiger partial charge in [0.05, 0.1) is 12.1 Å². The number of nitrogens with one attached hydrogen (secondary N) is 2. The Morgan fingerprint density at radius 3 is 2.67 bits per heavy atom.